The summed E-state index contributed by atoms with van der Waals surface area (Å²) >= 11 is 1.35. The average Bonchev–Trinajstić information content (AvgIpc) is 3.22. The summed E-state index contributed by atoms with van der Waals surface area (Å²) in [5.74, 6) is 0.660. The van der Waals surface area contributed by atoms with Crippen molar-refractivity contribution in [2.45, 2.75) is 45.6 Å². The molecule has 1 aliphatic rings. The van der Waals surface area contributed by atoms with Crippen molar-refractivity contribution in [3.63, 3.8) is 0 Å². The molecule has 3 heterocycles. The smallest absolute Gasteiger partial charge is 0.274 e. The second-order valence-electron chi connectivity index (χ2n) is 7.09. The maximum absolute atomic E-state index is 13.3. The summed E-state index contributed by atoms with van der Waals surface area (Å²) in [5.41, 5.74) is 2.63. The number of nitrogens with zero attached hydrogens (tertiary/aromatic N) is 3. The standard InChI is InChI=1S/C20H22FN3O3S/c1-12-16(13(2)27-23-12)4-6-19(25)24-9-7-15(8-10-24)26-20-22-17-5-3-14(21)11-18(17)28-20/h3,5,11,15H,4,6-10H2,1-2H3. The van der Waals surface area contributed by atoms with Gasteiger partial charge in [0.1, 0.15) is 17.7 Å². The fraction of sp³-hybridized carbons (Fsp3) is 0.450. The maximum Gasteiger partial charge on any atom is 0.274 e. The highest BCUT2D eigenvalue weighted by Gasteiger charge is 2.25. The van der Waals surface area contributed by atoms with Gasteiger partial charge in [-0.2, -0.15) is 0 Å². The van der Waals surface area contributed by atoms with Gasteiger partial charge in [0, 0.05) is 37.9 Å². The fourth-order valence-electron chi connectivity index (χ4n) is 3.54. The Bertz CT molecular complexity index is 972. The first-order valence-corrected chi connectivity index (χ1v) is 10.2. The number of piperidine rings is 1. The number of likely N-dealkylation sites (tertiary alicyclic amines) is 1. The Labute approximate surface area is 166 Å². The minimum Gasteiger partial charge on any atom is -0.467 e. The number of aryl methyl sites for hydroxylation is 2. The highest BCUT2D eigenvalue weighted by Crippen LogP contribution is 2.30. The molecule has 0 atom stereocenters. The number of hydrogen-bond acceptors (Lipinski definition) is 6. The van der Waals surface area contributed by atoms with Crippen molar-refractivity contribution in [1.29, 1.82) is 0 Å². The van der Waals surface area contributed by atoms with Crippen molar-refractivity contribution in [3.8, 4) is 5.19 Å². The zero-order valence-electron chi connectivity index (χ0n) is 15.9. The van der Waals surface area contributed by atoms with E-state index in [9.17, 15) is 9.18 Å². The molecule has 0 bridgehead atoms. The van der Waals surface area contributed by atoms with E-state index < -0.39 is 0 Å². The van der Waals surface area contributed by atoms with Crippen molar-refractivity contribution in [3.05, 3.63) is 41.0 Å². The summed E-state index contributed by atoms with van der Waals surface area (Å²) < 4.78 is 25.2. The van der Waals surface area contributed by atoms with Crippen molar-refractivity contribution in [2.24, 2.45) is 0 Å². The van der Waals surface area contributed by atoms with Gasteiger partial charge < -0.3 is 14.2 Å². The third-order valence-corrected chi connectivity index (χ3v) is 6.07. The topological polar surface area (TPSA) is 68.5 Å². The zero-order valence-corrected chi connectivity index (χ0v) is 16.7. The Balaban J connectivity index is 1.28. The third kappa shape index (κ3) is 4.01. The van der Waals surface area contributed by atoms with Crippen LogP contribution in [0, 0.1) is 19.7 Å². The van der Waals surface area contributed by atoms with Gasteiger partial charge in [0.25, 0.3) is 5.19 Å². The molecule has 1 aromatic carbocycles. The molecular weight excluding hydrogens is 381 g/mol. The summed E-state index contributed by atoms with van der Waals surface area (Å²) in [5, 5.41) is 4.49. The Morgan fingerprint density at radius 3 is 2.86 bits per heavy atom. The molecule has 6 nitrogen and oxygen atoms in total. The van der Waals surface area contributed by atoms with Gasteiger partial charge in [-0.3, -0.25) is 4.79 Å². The van der Waals surface area contributed by atoms with Gasteiger partial charge >= 0.3 is 0 Å². The number of benzene rings is 1. The lowest BCUT2D eigenvalue weighted by atomic mass is 10.0. The first-order valence-electron chi connectivity index (χ1n) is 9.42. The Morgan fingerprint density at radius 1 is 1.36 bits per heavy atom. The molecule has 2 aromatic heterocycles. The molecule has 0 spiro atoms. The highest BCUT2D eigenvalue weighted by atomic mass is 32.1. The average molecular weight is 403 g/mol. The van der Waals surface area contributed by atoms with Crippen molar-refractivity contribution >= 4 is 27.5 Å². The lowest BCUT2D eigenvalue weighted by molar-refractivity contribution is -0.132. The van der Waals surface area contributed by atoms with Gasteiger partial charge in [0.05, 0.1) is 15.9 Å². The monoisotopic (exact) mass is 403 g/mol. The van der Waals surface area contributed by atoms with Gasteiger partial charge in [-0.1, -0.05) is 16.5 Å². The second kappa shape index (κ2) is 7.87. The number of amides is 1. The van der Waals surface area contributed by atoms with Crippen LogP contribution in [0.5, 0.6) is 5.19 Å². The van der Waals surface area contributed by atoms with Crippen LogP contribution in [0.3, 0.4) is 0 Å². The molecule has 0 N–H and O–H groups in total. The minimum absolute atomic E-state index is 0.0250. The third-order valence-electron chi connectivity index (χ3n) is 5.16. The van der Waals surface area contributed by atoms with Crippen molar-refractivity contribution in [2.75, 3.05) is 13.1 Å². The number of carbonyl (C=O) groups is 1. The lowest BCUT2D eigenvalue weighted by Gasteiger charge is -2.31. The largest absolute Gasteiger partial charge is 0.467 e. The number of ether oxygens (including phenoxy) is 1. The molecule has 3 aromatic rings. The van der Waals surface area contributed by atoms with E-state index in [0.29, 0.717) is 31.1 Å². The number of rotatable bonds is 5. The maximum atomic E-state index is 13.3. The number of aromatic nitrogens is 2. The molecule has 28 heavy (non-hydrogen) atoms. The molecule has 4 rings (SSSR count). The van der Waals surface area contributed by atoms with E-state index in [1.165, 1.54) is 23.5 Å². The Kier molecular flexibility index (Phi) is 5.30. The first kappa shape index (κ1) is 18.9. The molecule has 0 aliphatic carbocycles. The van der Waals surface area contributed by atoms with Crippen LogP contribution in [0.2, 0.25) is 0 Å². The van der Waals surface area contributed by atoms with Crippen LogP contribution in [0.1, 0.15) is 36.3 Å². The van der Waals surface area contributed by atoms with Crippen LogP contribution in [0.4, 0.5) is 4.39 Å². The van der Waals surface area contributed by atoms with Gasteiger partial charge in [0.2, 0.25) is 5.91 Å². The van der Waals surface area contributed by atoms with Gasteiger partial charge in [-0.15, -0.1) is 0 Å². The van der Waals surface area contributed by atoms with Crippen LogP contribution < -0.4 is 4.74 Å². The molecule has 0 radical (unpaired) electrons. The van der Waals surface area contributed by atoms with Gasteiger partial charge in [0.15, 0.2) is 0 Å². The summed E-state index contributed by atoms with van der Waals surface area (Å²) in [6, 6.07) is 4.53. The van der Waals surface area contributed by atoms with Crippen LogP contribution in [0.25, 0.3) is 10.2 Å². The molecule has 8 heteroatoms. The first-order chi connectivity index (χ1) is 13.5. The van der Waals surface area contributed by atoms with E-state index in [0.717, 1.165) is 40.1 Å². The number of halogens is 1. The normalized spacial score (nSPS) is 15.3. The summed E-state index contributed by atoms with van der Waals surface area (Å²) in [4.78, 5) is 18.8. The summed E-state index contributed by atoms with van der Waals surface area (Å²) in [6.07, 6.45) is 2.66. The van der Waals surface area contributed by atoms with E-state index in [1.54, 1.807) is 6.07 Å². The molecular formula is C20H22FN3O3S. The zero-order chi connectivity index (χ0) is 19.7. The van der Waals surface area contributed by atoms with Crippen LogP contribution in [0.15, 0.2) is 22.7 Å². The predicted octanol–water partition coefficient (Wildman–Crippen LogP) is 4.04. The van der Waals surface area contributed by atoms with E-state index in [2.05, 4.69) is 10.1 Å². The summed E-state index contributed by atoms with van der Waals surface area (Å²) in [6.45, 7) is 5.11. The van der Waals surface area contributed by atoms with Crippen LogP contribution in [-0.4, -0.2) is 40.1 Å². The lowest BCUT2D eigenvalue weighted by Crippen LogP contribution is -2.41. The van der Waals surface area contributed by atoms with E-state index in [1.807, 2.05) is 18.7 Å². The molecule has 148 valence electrons. The number of thiazole rings is 1. The number of carbonyl (C=O) groups excluding carboxylic acids is 1. The second-order valence-corrected chi connectivity index (χ2v) is 8.09. The van der Waals surface area contributed by atoms with Crippen LogP contribution >= 0.6 is 11.3 Å². The molecule has 0 saturated carbocycles. The highest BCUT2D eigenvalue weighted by molar-refractivity contribution is 7.20. The van der Waals surface area contributed by atoms with E-state index in [4.69, 9.17) is 9.26 Å². The molecule has 1 fully saturated rings. The SMILES string of the molecule is Cc1noc(C)c1CCC(=O)N1CCC(Oc2nc3ccc(F)cc3s2)CC1. The van der Waals surface area contributed by atoms with Crippen molar-refractivity contribution in [1.82, 2.24) is 15.0 Å². The number of hydrogen-bond donors (Lipinski definition) is 0. The Hall–Kier alpha value is -2.48. The van der Waals surface area contributed by atoms with Crippen molar-refractivity contribution < 1.29 is 18.4 Å². The van der Waals surface area contributed by atoms with Gasteiger partial charge in [-0.05, 0) is 38.5 Å². The molecule has 1 aliphatic heterocycles. The van der Waals surface area contributed by atoms with Gasteiger partial charge in [-0.25, -0.2) is 9.37 Å². The number of fused-ring (bicyclic) bond motifs is 1. The molecule has 1 saturated heterocycles. The van der Waals surface area contributed by atoms with E-state index in [-0.39, 0.29) is 17.8 Å². The van der Waals surface area contributed by atoms with E-state index >= 15 is 0 Å². The summed E-state index contributed by atoms with van der Waals surface area (Å²) in [7, 11) is 0. The Morgan fingerprint density at radius 2 is 2.14 bits per heavy atom. The quantitative estimate of drug-likeness (QED) is 0.643. The minimum atomic E-state index is -0.272. The molecule has 0 unspecified atom stereocenters. The molecule has 1 amide bonds. The predicted molar refractivity (Wildman–Crippen MR) is 104 cm³/mol. The van der Waals surface area contributed by atoms with Crippen LogP contribution in [-0.2, 0) is 11.2 Å². The fourth-order valence-corrected chi connectivity index (χ4v) is 4.45.